The fraction of sp³-hybridized carbons (Fsp3) is 0.154. The van der Waals surface area contributed by atoms with E-state index in [1.807, 2.05) is 0 Å². The molecule has 0 aliphatic carbocycles. The maximum Gasteiger partial charge on any atom is 0.190 e. The molecule has 0 radical (unpaired) electrons. The van der Waals surface area contributed by atoms with Crippen LogP contribution in [0.5, 0.6) is 5.75 Å². The zero-order chi connectivity index (χ0) is 13.1. The van der Waals surface area contributed by atoms with Gasteiger partial charge in [0, 0.05) is 5.56 Å². The van der Waals surface area contributed by atoms with Gasteiger partial charge in [0.1, 0.15) is 5.76 Å². The summed E-state index contributed by atoms with van der Waals surface area (Å²) in [6, 6.07) is 5.09. The van der Waals surface area contributed by atoms with Crippen LogP contribution < -0.4 is 4.74 Å². The van der Waals surface area contributed by atoms with Gasteiger partial charge < -0.3 is 9.15 Å². The number of carbonyl (C=O) groups is 1. The summed E-state index contributed by atoms with van der Waals surface area (Å²) >= 11 is 0. The van der Waals surface area contributed by atoms with Crippen molar-refractivity contribution in [1.29, 1.82) is 0 Å². The van der Waals surface area contributed by atoms with Crippen molar-refractivity contribution in [3.8, 4) is 17.1 Å². The predicted octanol–water partition coefficient (Wildman–Crippen LogP) is 3.44. The molecule has 0 fully saturated rings. The SMILES string of the molecule is CCOc1c(F)cc(-c2ccc(C=O)o2)cc1F. The highest BCUT2D eigenvalue weighted by Crippen LogP contribution is 2.29. The Morgan fingerprint density at radius 1 is 1.28 bits per heavy atom. The van der Waals surface area contributed by atoms with Crippen LogP contribution in [-0.2, 0) is 0 Å². The topological polar surface area (TPSA) is 39.4 Å². The van der Waals surface area contributed by atoms with Crippen LogP contribution in [0.3, 0.4) is 0 Å². The molecule has 1 aromatic carbocycles. The van der Waals surface area contributed by atoms with E-state index in [0.717, 1.165) is 12.1 Å². The summed E-state index contributed by atoms with van der Waals surface area (Å²) in [6.07, 6.45) is 0.519. The van der Waals surface area contributed by atoms with Gasteiger partial charge in [-0.25, -0.2) is 8.78 Å². The molecule has 0 aliphatic heterocycles. The number of hydrogen-bond acceptors (Lipinski definition) is 3. The van der Waals surface area contributed by atoms with Crippen molar-refractivity contribution in [2.24, 2.45) is 0 Å². The summed E-state index contributed by atoms with van der Waals surface area (Å²) in [4.78, 5) is 10.5. The molecule has 1 heterocycles. The number of benzene rings is 1. The molecule has 94 valence electrons. The van der Waals surface area contributed by atoms with Crippen molar-refractivity contribution < 1.29 is 22.7 Å². The normalized spacial score (nSPS) is 10.4. The van der Waals surface area contributed by atoms with E-state index in [9.17, 15) is 13.6 Å². The zero-order valence-corrected chi connectivity index (χ0v) is 9.57. The minimum absolute atomic E-state index is 0.0969. The highest BCUT2D eigenvalue weighted by molar-refractivity contribution is 5.72. The minimum atomic E-state index is -0.809. The minimum Gasteiger partial charge on any atom is -0.488 e. The van der Waals surface area contributed by atoms with Gasteiger partial charge in [-0.05, 0) is 31.2 Å². The third-order valence-corrected chi connectivity index (χ3v) is 2.31. The van der Waals surface area contributed by atoms with Crippen LogP contribution >= 0.6 is 0 Å². The van der Waals surface area contributed by atoms with E-state index in [4.69, 9.17) is 9.15 Å². The molecule has 0 saturated carbocycles. The molecule has 5 heteroatoms. The van der Waals surface area contributed by atoms with Crippen molar-refractivity contribution in [2.75, 3.05) is 6.61 Å². The van der Waals surface area contributed by atoms with E-state index >= 15 is 0 Å². The van der Waals surface area contributed by atoms with Crippen molar-refractivity contribution in [1.82, 2.24) is 0 Å². The highest BCUT2D eigenvalue weighted by atomic mass is 19.1. The van der Waals surface area contributed by atoms with Gasteiger partial charge in [0.25, 0.3) is 0 Å². The lowest BCUT2D eigenvalue weighted by molar-refractivity contribution is 0.110. The van der Waals surface area contributed by atoms with Crippen molar-refractivity contribution in [3.63, 3.8) is 0 Å². The largest absolute Gasteiger partial charge is 0.488 e. The van der Waals surface area contributed by atoms with Crippen molar-refractivity contribution in [3.05, 3.63) is 41.7 Å². The predicted molar refractivity (Wildman–Crippen MR) is 60.6 cm³/mol. The van der Waals surface area contributed by atoms with Crippen LogP contribution in [0.4, 0.5) is 8.78 Å². The number of hydrogen-bond donors (Lipinski definition) is 0. The molecule has 0 N–H and O–H groups in total. The summed E-state index contributed by atoms with van der Waals surface area (Å²) in [5.41, 5.74) is 0.210. The first kappa shape index (κ1) is 12.3. The molecular weight excluding hydrogens is 242 g/mol. The maximum atomic E-state index is 13.6. The monoisotopic (exact) mass is 252 g/mol. The van der Waals surface area contributed by atoms with Gasteiger partial charge in [0.2, 0.25) is 0 Å². The Morgan fingerprint density at radius 2 is 1.94 bits per heavy atom. The van der Waals surface area contributed by atoms with E-state index in [1.54, 1.807) is 6.92 Å². The van der Waals surface area contributed by atoms with E-state index in [0.29, 0.717) is 6.29 Å². The van der Waals surface area contributed by atoms with Gasteiger partial charge in [0.15, 0.2) is 29.4 Å². The second kappa shape index (κ2) is 5.00. The Kier molecular flexibility index (Phi) is 3.41. The van der Waals surface area contributed by atoms with Crippen LogP contribution in [0, 0.1) is 11.6 Å². The average molecular weight is 252 g/mol. The van der Waals surface area contributed by atoms with Gasteiger partial charge >= 0.3 is 0 Å². The van der Waals surface area contributed by atoms with Crippen molar-refractivity contribution in [2.45, 2.75) is 6.92 Å². The van der Waals surface area contributed by atoms with Gasteiger partial charge in [-0.2, -0.15) is 0 Å². The molecule has 0 atom stereocenters. The summed E-state index contributed by atoms with van der Waals surface area (Å²) in [5.74, 6) is -1.71. The quantitative estimate of drug-likeness (QED) is 0.782. The smallest absolute Gasteiger partial charge is 0.190 e. The molecule has 0 spiro atoms. The molecule has 2 rings (SSSR count). The van der Waals surface area contributed by atoms with Crippen LogP contribution in [0.2, 0.25) is 0 Å². The number of rotatable bonds is 4. The number of furan rings is 1. The van der Waals surface area contributed by atoms with Gasteiger partial charge in [-0.15, -0.1) is 0 Å². The first-order valence-corrected chi connectivity index (χ1v) is 5.33. The summed E-state index contributed by atoms with van der Waals surface area (Å²) in [7, 11) is 0. The van der Waals surface area contributed by atoms with E-state index in [1.165, 1.54) is 12.1 Å². The second-order valence-electron chi connectivity index (χ2n) is 3.52. The summed E-state index contributed by atoms with van der Waals surface area (Å²) in [5, 5.41) is 0. The highest BCUT2D eigenvalue weighted by Gasteiger charge is 2.14. The van der Waals surface area contributed by atoms with E-state index in [-0.39, 0.29) is 23.7 Å². The van der Waals surface area contributed by atoms with E-state index < -0.39 is 17.4 Å². The van der Waals surface area contributed by atoms with Gasteiger partial charge in [0.05, 0.1) is 6.61 Å². The molecule has 0 unspecified atom stereocenters. The molecular formula is C13H10F2O3. The number of ether oxygens (including phenoxy) is 1. The van der Waals surface area contributed by atoms with Crippen molar-refractivity contribution >= 4 is 6.29 Å². The number of carbonyl (C=O) groups excluding carboxylic acids is 1. The standard InChI is InChI=1S/C13H10F2O3/c1-2-17-13-10(14)5-8(6-11(13)15)12-4-3-9(7-16)18-12/h3-7H,2H2,1H3. The van der Waals surface area contributed by atoms with Crippen LogP contribution in [-0.4, -0.2) is 12.9 Å². The van der Waals surface area contributed by atoms with Crippen LogP contribution in [0.25, 0.3) is 11.3 Å². The lowest BCUT2D eigenvalue weighted by Gasteiger charge is -2.07. The maximum absolute atomic E-state index is 13.6. The summed E-state index contributed by atoms with van der Waals surface area (Å²) < 4.78 is 37.1. The fourth-order valence-corrected chi connectivity index (χ4v) is 1.56. The lowest BCUT2D eigenvalue weighted by Crippen LogP contribution is -1.98. The molecule has 1 aromatic heterocycles. The van der Waals surface area contributed by atoms with Crippen LogP contribution in [0.1, 0.15) is 17.5 Å². The molecule has 0 amide bonds. The number of halogens is 2. The first-order valence-electron chi connectivity index (χ1n) is 5.33. The molecule has 0 bridgehead atoms. The Morgan fingerprint density at radius 3 is 2.44 bits per heavy atom. The Bertz CT molecular complexity index is 552. The molecule has 3 nitrogen and oxygen atoms in total. The molecule has 18 heavy (non-hydrogen) atoms. The number of aldehydes is 1. The third-order valence-electron chi connectivity index (χ3n) is 2.31. The Hall–Kier alpha value is -2.17. The fourth-order valence-electron chi connectivity index (χ4n) is 1.56. The Labute approximate surface area is 102 Å². The second-order valence-corrected chi connectivity index (χ2v) is 3.52. The van der Waals surface area contributed by atoms with E-state index in [2.05, 4.69) is 0 Å². The van der Waals surface area contributed by atoms with Crippen LogP contribution in [0.15, 0.2) is 28.7 Å². The Balaban J connectivity index is 2.43. The zero-order valence-electron chi connectivity index (χ0n) is 9.57. The third kappa shape index (κ3) is 2.25. The van der Waals surface area contributed by atoms with Gasteiger partial charge in [-0.1, -0.05) is 0 Å². The molecule has 2 aromatic rings. The molecule has 0 saturated heterocycles. The van der Waals surface area contributed by atoms with Gasteiger partial charge in [-0.3, -0.25) is 4.79 Å². The molecule has 0 aliphatic rings. The summed E-state index contributed by atoms with van der Waals surface area (Å²) in [6.45, 7) is 1.80. The average Bonchev–Trinajstić information content (AvgIpc) is 2.82. The first-order chi connectivity index (χ1) is 8.65. The lowest BCUT2D eigenvalue weighted by atomic mass is 10.1.